The van der Waals surface area contributed by atoms with Gasteiger partial charge in [-0.3, -0.25) is 0 Å². The van der Waals surface area contributed by atoms with Crippen LogP contribution in [0, 0.1) is 11.6 Å². The largest absolute Gasteiger partial charge is 0.304 e. The van der Waals surface area contributed by atoms with Crippen LogP contribution in [-0.2, 0) is 5.54 Å². The van der Waals surface area contributed by atoms with Crippen molar-refractivity contribution in [3.8, 4) is 0 Å². The molecule has 12 heavy (non-hydrogen) atoms. The predicted molar refractivity (Wildman–Crippen MR) is 41.7 cm³/mol. The van der Waals surface area contributed by atoms with E-state index in [9.17, 15) is 8.78 Å². The number of benzene rings is 1. The Balaban J connectivity index is 2.44. The van der Waals surface area contributed by atoms with E-state index in [-0.39, 0.29) is 5.54 Å². The average Bonchev–Trinajstić information content (AvgIpc) is 2.67. The summed E-state index contributed by atoms with van der Waals surface area (Å²) in [7, 11) is 0. The van der Waals surface area contributed by atoms with Crippen LogP contribution in [0.5, 0.6) is 0 Å². The molecule has 0 bridgehead atoms. The highest BCUT2D eigenvalue weighted by molar-refractivity contribution is 5.30. The van der Waals surface area contributed by atoms with Crippen molar-refractivity contribution < 1.29 is 8.78 Å². The van der Waals surface area contributed by atoms with Gasteiger partial charge >= 0.3 is 0 Å². The Labute approximate surface area is 69.4 Å². The second-order valence-electron chi connectivity index (χ2n) is 3.34. The molecule has 0 spiro atoms. The Kier molecular flexibility index (Phi) is 1.45. The first-order valence-corrected chi connectivity index (χ1v) is 3.82. The third-order valence-corrected chi connectivity index (χ3v) is 2.21. The molecule has 3 heteroatoms. The van der Waals surface area contributed by atoms with E-state index < -0.39 is 11.6 Å². The summed E-state index contributed by atoms with van der Waals surface area (Å²) in [6.45, 7) is 2.71. The molecule has 0 aliphatic carbocycles. The van der Waals surface area contributed by atoms with Gasteiger partial charge in [0.2, 0.25) is 0 Å². The highest BCUT2D eigenvalue weighted by Crippen LogP contribution is 2.30. The summed E-state index contributed by atoms with van der Waals surface area (Å²) < 4.78 is 25.4. The summed E-state index contributed by atoms with van der Waals surface area (Å²) >= 11 is 0. The van der Waals surface area contributed by atoms with Crippen molar-refractivity contribution in [2.24, 2.45) is 0 Å². The maximum atomic E-state index is 12.7. The average molecular weight is 169 g/mol. The van der Waals surface area contributed by atoms with Gasteiger partial charge in [0.15, 0.2) is 0 Å². The van der Waals surface area contributed by atoms with Crippen LogP contribution in [0.2, 0.25) is 0 Å². The molecule has 0 saturated carbocycles. The van der Waals surface area contributed by atoms with Crippen LogP contribution in [0.25, 0.3) is 0 Å². The van der Waals surface area contributed by atoms with Crippen molar-refractivity contribution in [3.63, 3.8) is 0 Å². The summed E-state index contributed by atoms with van der Waals surface area (Å²) in [6, 6.07) is 3.61. The molecule has 0 aromatic heterocycles. The number of rotatable bonds is 1. The van der Waals surface area contributed by atoms with Crippen LogP contribution in [0.4, 0.5) is 8.78 Å². The van der Waals surface area contributed by atoms with E-state index >= 15 is 0 Å². The van der Waals surface area contributed by atoms with Gasteiger partial charge in [0.25, 0.3) is 0 Å². The van der Waals surface area contributed by atoms with E-state index in [1.807, 2.05) is 6.92 Å². The molecule has 0 unspecified atom stereocenters. The third-order valence-electron chi connectivity index (χ3n) is 2.21. The van der Waals surface area contributed by atoms with Gasteiger partial charge in [-0.25, -0.2) is 8.78 Å². The maximum Gasteiger partial charge on any atom is 0.126 e. The van der Waals surface area contributed by atoms with Crippen molar-refractivity contribution in [3.05, 3.63) is 35.4 Å². The van der Waals surface area contributed by atoms with Gasteiger partial charge in [0, 0.05) is 12.6 Å². The molecule has 64 valence electrons. The van der Waals surface area contributed by atoms with E-state index in [1.165, 1.54) is 12.1 Å². The number of halogens is 2. The molecule has 2 rings (SSSR count). The van der Waals surface area contributed by atoms with Gasteiger partial charge in [-0.05, 0) is 24.6 Å². The Morgan fingerprint density at radius 2 is 1.75 bits per heavy atom. The number of hydrogen-bond donors (Lipinski definition) is 1. The number of hydrogen-bond acceptors (Lipinski definition) is 1. The summed E-state index contributed by atoms with van der Waals surface area (Å²) in [5.74, 6) is -1.03. The van der Waals surface area contributed by atoms with Crippen molar-refractivity contribution in [1.82, 2.24) is 5.32 Å². The first-order valence-electron chi connectivity index (χ1n) is 3.82. The molecule has 1 saturated heterocycles. The number of nitrogens with one attached hydrogen (secondary N) is 1. The minimum absolute atomic E-state index is 0.205. The predicted octanol–water partition coefficient (Wildman–Crippen LogP) is 1.78. The maximum absolute atomic E-state index is 12.7. The molecule has 1 N–H and O–H groups in total. The second kappa shape index (κ2) is 2.26. The molecule has 1 aromatic rings. The van der Waals surface area contributed by atoms with Crippen molar-refractivity contribution >= 4 is 0 Å². The van der Waals surface area contributed by atoms with Crippen LogP contribution in [0.15, 0.2) is 18.2 Å². The lowest BCUT2D eigenvalue weighted by molar-refractivity contribution is 0.573. The topological polar surface area (TPSA) is 21.9 Å². The standard InChI is InChI=1S/C9H9F2N/c1-9(5-12-9)6-2-7(10)4-8(11)3-6/h2-4,12H,5H2,1H3/t9-/m1/s1. The van der Waals surface area contributed by atoms with E-state index in [0.29, 0.717) is 5.56 Å². The van der Waals surface area contributed by atoms with E-state index in [2.05, 4.69) is 5.32 Å². The molecular weight excluding hydrogens is 160 g/mol. The van der Waals surface area contributed by atoms with Gasteiger partial charge in [-0.15, -0.1) is 0 Å². The van der Waals surface area contributed by atoms with Crippen LogP contribution >= 0.6 is 0 Å². The molecule has 1 fully saturated rings. The van der Waals surface area contributed by atoms with Crippen LogP contribution in [0.1, 0.15) is 12.5 Å². The Hall–Kier alpha value is -0.960. The summed E-state index contributed by atoms with van der Waals surface area (Å²) in [5.41, 5.74) is 0.475. The third kappa shape index (κ3) is 1.20. The van der Waals surface area contributed by atoms with E-state index in [4.69, 9.17) is 0 Å². The van der Waals surface area contributed by atoms with Gasteiger partial charge in [0.1, 0.15) is 11.6 Å². The van der Waals surface area contributed by atoms with Crippen molar-refractivity contribution in [1.29, 1.82) is 0 Å². The monoisotopic (exact) mass is 169 g/mol. The summed E-state index contributed by atoms with van der Waals surface area (Å²) in [5, 5.41) is 3.05. The molecule has 1 heterocycles. The lowest BCUT2D eigenvalue weighted by atomic mass is 10.0. The molecule has 0 amide bonds. The molecule has 1 atom stereocenters. The van der Waals surface area contributed by atoms with Crippen LogP contribution in [-0.4, -0.2) is 6.54 Å². The molecular formula is C9H9F2N. The fourth-order valence-electron chi connectivity index (χ4n) is 1.21. The molecule has 1 aliphatic heterocycles. The minimum atomic E-state index is -0.514. The van der Waals surface area contributed by atoms with Gasteiger partial charge in [-0.2, -0.15) is 0 Å². The molecule has 1 aromatic carbocycles. The summed E-state index contributed by atoms with van der Waals surface area (Å²) in [6.07, 6.45) is 0. The van der Waals surface area contributed by atoms with Crippen molar-refractivity contribution in [2.45, 2.75) is 12.5 Å². The van der Waals surface area contributed by atoms with Gasteiger partial charge in [0.05, 0.1) is 5.54 Å². The van der Waals surface area contributed by atoms with Gasteiger partial charge in [-0.1, -0.05) is 0 Å². The zero-order valence-electron chi connectivity index (χ0n) is 6.70. The van der Waals surface area contributed by atoms with Crippen LogP contribution < -0.4 is 5.32 Å². The second-order valence-corrected chi connectivity index (χ2v) is 3.34. The lowest BCUT2D eigenvalue weighted by Crippen LogP contribution is -2.07. The van der Waals surface area contributed by atoms with Gasteiger partial charge < -0.3 is 5.32 Å². The van der Waals surface area contributed by atoms with E-state index in [1.54, 1.807) is 0 Å². The highest BCUT2D eigenvalue weighted by atomic mass is 19.1. The molecule has 0 radical (unpaired) electrons. The summed E-state index contributed by atoms with van der Waals surface area (Å²) in [4.78, 5) is 0. The van der Waals surface area contributed by atoms with E-state index in [0.717, 1.165) is 12.6 Å². The quantitative estimate of drug-likeness (QED) is 0.636. The Morgan fingerprint density at radius 3 is 2.17 bits per heavy atom. The zero-order valence-corrected chi connectivity index (χ0v) is 6.70. The zero-order chi connectivity index (χ0) is 8.77. The minimum Gasteiger partial charge on any atom is -0.304 e. The molecule has 1 aliphatic rings. The highest BCUT2D eigenvalue weighted by Gasteiger charge is 2.38. The SMILES string of the molecule is C[C@]1(c2cc(F)cc(F)c2)CN1. The van der Waals surface area contributed by atoms with Crippen LogP contribution in [0.3, 0.4) is 0 Å². The van der Waals surface area contributed by atoms with Crippen molar-refractivity contribution in [2.75, 3.05) is 6.54 Å². The Morgan fingerprint density at radius 1 is 1.25 bits per heavy atom. The Bertz CT molecular complexity index is 298. The lowest BCUT2D eigenvalue weighted by Gasteiger charge is -2.06. The molecule has 1 nitrogen and oxygen atoms in total. The fraction of sp³-hybridized carbons (Fsp3) is 0.333. The fourth-order valence-corrected chi connectivity index (χ4v) is 1.21. The first kappa shape index (κ1) is 7.68. The normalized spacial score (nSPS) is 27.2. The first-order chi connectivity index (χ1) is 5.60. The smallest absolute Gasteiger partial charge is 0.126 e.